The fourth-order valence-electron chi connectivity index (χ4n) is 4.18. The molecule has 0 aliphatic carbocycles. The van der Waals surface area contributed by atoms with Crippen molar-refractivity contribution < 1.29 is 9.47 Å². The summed E-state index contributed by atoms with van der Waals surface area (Å²) >= 11 is 5.01. The van der Waals surface area contributed by atoms with Gasteiger partial charge in [-0.2, -0.15) is 0 Å². The third-order valence-corrected chi connectivity index (χ3v) is 7.58. The highest BCUT2D eigenvalue weighted by atomic mass is 79.9. The normalized spacial score (nSPS) is 12.1. The minimum atomic E-state index is -0.0822. The summed E-state index contributed by atoms with van der Waals surface area (Å²) in [6.45, 7) is 0.413. The smallest absolute Gasteiger partial charge is 0.274 e. The summed E-state index contributed by atoms with van der Waals surface area (Å²) in [4.78, 5) is 18.4. The van der Waals surface area contributed by atoms with Crippen LogP contribution in [0.3, 0.4) is 0 Å². The average Bonchev–Trinajstić information content (AvgIpc) is 3.39. The maximum absolute atomic E-state index is 13.1. The first-order valence-corrected chi connectivity index (χ1v) is 12.6. The summed E-state index contributed by atoms with van der Waals surface area (Å²) in [5.41, 5.74) is 3.45. The van der Waals surface area contributed by atoms with Gasteiger partial charge in [-0.25, -0.2) is 9.38 Å². The van der Waals surface area contributed by atoms with Gasteiger partial charge in [0.2, 0.25) is 0 Å². The van der Waals surface area contributed by atoms with Gasteiger partial charge >= 0.3 is 0 Å². The van der Waals surface area contributed by atoms with Gasteiger partial charge < -0.3 is 9.47 Å². The molecule has 7 heteroatoms. The standard InChI is InChI=1S/C28H19BrN2O3S/c1-33-24-13-20(14-26-27(32)31-23-9-5-4-8-22(23)30-28(31)35-26)21(29)15-25(24)34-16-17-10-11-18-6-2-3-7-19(18)12-17/h2-15H,16H2,1H3/b26-14-. The van der Waals surface area contributed by atoms with E-state index in [0.29, 0.717) is 27.6 Å². The number of benzene rings is 4. The molecule has 0 spiro atoms. The lowest BCUT2D eigenvalue weighted by Crippen LogP contribution is -2.22. The van der Waals surface area contributed by atoms with E-state index in [9.17, 15) is 4.79 Å². The van der Waals surface area contributed by atoms with E-state index in [-0.39, 0.29) is 5.56 Å². The number of hydrogen-bond donors (Lipinski definition) is 0. The minimum absolute atomic E-state index is 0.0822. The number of para-hydroxylation sites is 2. The quantitative estimate of drug-likeness (QED) is 0.269. The number of thiazole rings is 1. The Hall–Kier alpha value is -3.68. The average molecular weight is 543 g/mol. The molecule has 0 unspecified atom stereocenters. The summed E-state index contributed by atoms with van der Waals surface area (Å²) in [6, 6.07) is 26.0. The van der Waals surface area contributed by atoms with Crippen LogP contribution in [-0.2, 0) is 6.61 Å². The molecule has 0 saturated heterocycles. The minimum Gasteiger partial charge on any atom is -0.493 e. The Bertz CT molecular complexity index is 1840. The van der Waals surface area contributed by atoms with E-state index in [4.69, 9.17) is 9.47 Å². The van der Waals surface area contributed by atoms with Gasteiger partial charge in [0.05, 0.1) is 22.7 Å². The number of imidazole rings is 1. The number of rotatable bonds is 5. The van der Waals surface area contributed by atoms with Gasteiger partial charge in [0, 0.05) is 4.47 Å². The van der Waals surface area contributed by atoms with Crippen LogP contribution in [0.1, 0.15) is 11.1 Å². The SMILES string of the molecule is COc1cc(/C=c2\sc3nc4ccccc4n3c2=O)c(Br)cc1OCc1ccc2ccccc2c1. The Morgan fingerprint density at radius 2 is 1.77 bits per heavy atom. The fraction of sp³-hybridized carbons (Fsp3) is 0.0714. The number of fused-ring (bicyclic) bond motifs is 4. The van der Waals surface area contributed by atoms with Crippen LogP contribution in [-0.4, -0.2) is 16.5 Å². The first-order valence-electron chi connectivity index (χ1n) is 11.0. The molecule has 172 valence electrons. The van der Waals surface area contributed by atoms with Gasteiger partial charge in [-0.3, -0.25) is 4.79 Å². The molecular weight excluding hydrogens is 524 g/mol. The van der Waals surface area contributed by atoms with Crippen molar-refractivity contribution in [3.05, 3.63) is 109 Å². The summed E-state index contributed by atoms with van der Waals surface area (Å²) in [5, 5.41) is 2.37. The molecule has 0 fully saturated rings. The first kappa shape index (κ1) is 21.8. The van der Waals surface area contributed by atoms with Crippen LogP contribution in [0.25, 0.3) is 32.8 Å². The number of ether oxygens (including phenoxy) is 2. The predicted molar refractivity (Wildman–Crippen MR) is 145 cm³/mol. The first-order chi connectivity index (χ1) is 17.1. The monoisotopic (exact) mass is 542 g/mol. The highest BCUT2D eigenvalue weighted by Gasteiger charge is 2.13. The molecule has 2 heterocycles. The molecule has 0 radical (unpaired) electrons. The van der Waals surface area contributed by atoms with Gasteiger partial charge in [0.1, 0.15) is 6.61 Å². The Morgan fingerprint density at radius 1 is 0.971 bits per heavy atom. The van der Waals surface area contributed by atoms with Crippen LogP contribution in [0.4, 0.5) is 0 Å². The molecule has 6 aromatic rings. The zero-order valence-electron chi connectivity index (χ0n) is 18.7. The third-order valence-electron chi connectivity index (χ3n) is 5.92. The molecule has 0 aliphatic heterocycles. The van der Waals surface area contributed by atoms with Crippen LogP contribution >= 0.6 is 27.3 Å². The molecule has 0 N–H and O–H groups in total. The number of aromatic nitrogens is 2. The Labute approximate surface area is 213 Å². The lowest BCUT2D eigenvalue weighted by Gasteiger charge is -2.13. The summed E-state index contributed by atoms with van der Waals surface area (Å²) < 4.78 is 14.8. The summed E-state index contributed by atoms with van der Waals surface area (Å²) in [6.07, 6.45) is 1.86. The Morgan fingerprint density at radius 3 is 2.63 bits per heavy atom. The molecular formula is C28H19BrN2O3S. The van der Waals surface area contributed by atoms with Crippen molar-refractivity contribution in [3.63, 3.8) is 0 Å². The van der Waals surface area contributed by atoms with E-state index in [1.165, 1.54) is 22.1 Å². The molecule has 6 rings (SSSR count). The van der Waals surface area contributed by atoms with Crippen LogP contribution in [0.5, 0.6) is 11.5 Å². The largest absolute Gasteiger partial charge is 0.493 e. The van der Waals surface area contributed by atoms with E-state index < -0.39 is 0 Å². The lowest BCUT2D eigenvalue weighted by atomic mass is 10.1. The fourth-order valence-corrected chi connectivity index (χ4v) is 5.59. The molecule has 0 bridgehead atoms. The van der Waals surface area contributed by atoms with E-state index >= 15 is 0 Å². The molecule has 35 heavy (non-hydrogen) atoms. The topological polar surface area (TPSA) is 52.8 Å². The van der Waals surface area contributed by atoms with Gasteiger partial charge in [-0.1, -0.05) is 75.8 Å². The van der Waals surface area contributed by atoms with Crippen LogP contribution < -0.4 is 19.6 Å². The Kier molecular flexibility index (Phi) is 5.51. The van der Waals surface area contributed by atoms with Gasteiger partial charge in [0.15, 0.2) is 16.5 Å². The third kappa shape index (κ3) is 3.96. The van der Waals surface area contributed by atoms with Crippen LogP contribution in [0.2, 0.25) is 0 Å². The second-order valence-electron chi connectivity index (χ2n) is 8.13. The molecule has 0 aliphatic rings. The number of methoxy groups -OCH3 is 1. The van der Waals surface area contributed by atoms with E-state index in [0.717, 1.165) is 26.6 Å². The van der Waals surface area contributed by atoms with Crippen molar-refractivity contribution in [1.82, 2.24) is 9.38 Å². The van der Waals surface area contributed by atoms with E-state index in [1.54, 1.807) is 11.5 Å². The highest BCUT2D eigenvalue weighted by molar-refractivity contribution is 9.10. The van der Waals surface area contributed by atoms with E-state index in [2.05, 4.69) is 51.2 Å². The summed E-state index contributed by atoms with van der Waals surface area (Å²) in [7, 11) is 1.61. The number of hydrogen-bond acceptors (Lipinski definition) is 5. The maximum atomic E-state index is 13.1. The zero-order chi connectivity index (χ0) is 23.9. The zero-order valence-corrected chi connectivity index (χ0v) is 21.1. The molecule has 0 saturated carbocycles. The second-order valence-corrected chi connectivity index (χ2v) is 9.99. The van der Waals surface area contributed by atoms with Crippen molar-refractivity contribution in [3.8, 4) is 11.5 Å². The highest BCUT2D eigenvalue weighted by Crippen LogP contribution is 2.34. The summed E-state index contributed by atoms with van der Waals surface area (Å²) in [5.74, 6) is 1.22. The predicted octanol–water partition coefficient (Wildman–Crippen LogP) is 5.96. The molecule has 0 atom stereocenters. The van der Waals surface area contributed by atoms with Gasteiger partial charge in [-0.15, -0.1) is 0 Å². The van der Waals surface area contributed by atoms with Gasteiger partial charge in [-0.05, 0) is 58.3 Å². The van der Waals surface area contributed by atoms with Crippen molar-refractivity contribution in [2.45, 2.75) is 6.61 Å². The van der Waals surface area contributed by atoms with Crippen LogP contribution in [0.15, 0.2) is 88.1 Å². The van der Waals surface area contributed by atoms with Gasteiger partial charge in [0.25, 0.3) is 5.56 Å². The molecule has 2 aromatic heterocycles. The maximum Gasteiger partial charge on any atom is 0.274 e. The van der Waals surface area contributed by atoms with Crippen molar-refractivity contribution in [2.75, 3.05) is 7.11 Å². The molecule has 5 nitrogen and oxygen atoms in total. The van der Waals surface area contributed by atoms with E-state index in [1.807, 2.05) is 54.6 Å². The molecule has 0 amide bonds. The molecule has 4 aromatic carbocycles. The van der Waals surface area contributed by atoms with Crippen molar-refractivity contribution in [1.29, 1.82) is 0 Å². The number of nitrogens with zero attached hydrogens (tertiary/aromatic N) is 2. The number of halogens is 1. The van der Waals surface area contributed by atoms with Crippen molar-refractivity contribution in [2.24, 2.45) is 0 Å². The lowest BCUT2D eigenvalue weighted by molar-refractivity contribution is 0.284. The second kappa shape index (κ2) is 8.83. The van der Waals surface area contributed by atoms with Crippen molar-refractivity contribution >= 4 is 60.1 Å². The van der Waals surface area contributed by atoms with Crippen LogP contribution in [0, 0.1) is 0 Å². The Balaban J connectivity index is 1.33.